The van der Waals surface area contributed by atoms with E-state index in [1.165, 1.54) is 18.2 Å². The first-order chi connectivity index (χ1) is 15.2. The number of ether oxygens (including phenoxy) is 1. The molecule has 0 amide bonds. The number of β-amino-alcohol motifs (C(OH)–C–C–N with tert-alkyl or cyclic N) is 1. The van der Waals surface area contributed by atoms with Gasteiger partial charge in [0.2, 0.25) is 10.0 Å². The molecule has 2 aromatic carbocycles. The maximum absolute atomic E-state index is 12.6. The molecule has 172 valence electrons. The first-order valence-electron chi connectivity index (χ1n) is 9.93. The Kier molecular flexibility index (Phi) is 8.64. The van der Waals surface area contributed by atoms with Gasteiger partial charge < -0.3 is 9.84 Å². The summed E-state index contributed by atoms with van der Waals surface area (Å²) in [4.78, 5) is 1.82. The summed E-state index contributed by atoms with van der Waals surface area (Å²) in [6.45, 7) is 0.724. The van der Waals surface area contributed by atoms with E-state index >= 15 is 0 Å². The predicted molar refractivity (Wildman–Crippen MR) is 124 cm³/mol. The van der Waals surface area contributed by atoms with E-state index < -0.39 is 16.1 Å². The first kappa shape index (κ1) is 25.1. The Morgan fingerprint density at radius 1 is 1.16 bits per heavy atom. The second kappa shape index (κ2) is 11.0. The predicted octanol–water partition coefficient (Wildman–Crippen LogP) is 4.05. The Morgan fingerprint density at radius 2 is 1.94 bits per heavy atom. The molecule has 2 aromatic rings. The second-order valence-electron chi connectivity index (χ2n) is 7.40. The van der Waals surface area contributed by atoms with Gasteiger partial charge in [0.1, 0.15) is 10.6 Å². The molecule has 1 saturated heterocycles. The number of benzene rings is 2. The van der Waals surface area contributed by atoms with Crippen LogP contribution in [0.2, 0.25) is 15.1 Å². The normalized spacial score (nSPS) is 18.2. The van der Waals surface area contributed by atoms with Crippen molar-refractivity contribution >= 4 is 44.8 Å². The number of hydrogen-bond acceptors (Lipinski definition) is 6. The highest BCUT2D eigenvalue weighted by Gasteiger charge is 2.27. The van der Waals surface area contributed by atoms with Gasteiger partial charge in [-0.1, -0.05) is 34.8 Å². The van der Waals surface area contributed by atoms with E-state index in [2.05, 4.69) is 4.72 Å². The Balaban J connectivity index is 1.60. The first-order valence-corrected chi connectivity index (χ1v) is 12.5. The average Bonchev–Trinajstić information content (AvgIpc) is 2.76. The number of sulfonamides is 1. The number of hydrogen-bond donors (Lipinski definition) is 2. The van der Waals surface area contributed by atoms with E-state index in [0.717, 1.165) is 19.3 Å². The van der Waals surface area contributed by atoms with Crippen LogP contribution in [0.25, 0.3) is 0 Å². The third-order valence-corrected chi connectivity index (χ3v) is 7.67. The number of halogens is 3. The highest BCUT2D eigenvalue weighted by Crippen LogP contribution is 2.29. The summed E-state index contributed by atoms with van der Waals surface area (Å²) < 4.78 is 33.5. The van der Waals surface area contributed by atoms with Gasteiger partial charge in [-0.2, -0.15) is 5.26 Å². The molecule has 1 unspecified atom stereocenters. The number of nitriles is 1. The molecule has 1 aliphatic heterocycles. The van der Waals surface area contributed by atoms with Crippen molar-refractivity contribution in [1.82, 2.24) is 9.62 Å². The van der Waals surface area contributed by atoms with Crippen LogP contribution in [0, 0.1) is 11.3 Å². The fourth-order valence-corrected chi connectivity index (χ4v) is 5.32. The van der Waals surface area contributed by atoms with Crippen molar-refractivity contribution in [2.45, 2.75) is 36.5 Å². The van der Waals surface area contributed by atoms with Gasteiger partial charge in [0.05, 0.1) is 32.8 Å². The maximum Gasteiger partial charge on any atom is 0.242 e. The van der Waals surface area contributed by atoms with Gasteiger partial charge in [-0.15, -0.1) is 0 Å². The molecule has 0 aromatic heterocycles. The van der Waals surface area contributed by atoms with Crippen molar-refractivity contribution in [3.63, 3.8) is 0 Å². The summed E-state index contributed by atoms with van der Waals surface area (Å²) in [6, 6.07) is 10.8. The molecule has 0 bridgehead atoms. The van der Waals surface area contributed by atoms with E-state index in [4.69, 9.17) is 44.8 Å². The molecular formula is C21H22Cl3N3O4S. The van der Waals surface area contributed by atoms with Gasteiger partial charge in [0, 0.05) is 25.7 Å². The lowest BCUT2D eigenvalue weighted by Crippen LogP contribution is -2.48. The zero-order valence-corrected chi connectivity index (χ0v) is 20.1. The largest absolute Gasteiger partial charge is 0.475 e. The molecule has 11 heteroatoms. The number of aliphatic hydroxyl groups is 1. The van der Waals surface area contributed by atoms with Crippen LogP contribution in [0.4, 0.5) is 0 Å². The third kappa shape index (κ3) is 6.49. The Bertz CT molecular complexity index is 1110. The van der Waals surface area contributed by atoms with Crippen LogP contribution < -0.4 is 9.46 Å². The van der Waals surface area contributed by atoms with Crippen LogP contribution in [0.15, 0.2) is 41.3 Å². The smallest absolute Gasteiger partial charge is 0.242 e. The molecule has 2 N–H and O–H groups in total. The lowest BCUT2D eigenvalue weighted by molar-refractivity contribution is -0.0277. The number of nitrogens with zero attached hydrogens (tertiary/aromatic N) is 2. The monoisotopic (exact) mass is 517 g/mol. The Hall–Kier alpha value is -1.57. The molecule has 1 heterocycles. The van der Waals surface area contributed by atoms with Crippen molar-refractivity contribution in [1.29, 1.82) is 5.26 Å². The third-order valence-electron chi connectivity index (χ3n) is 5.02. The van der Waals surface area contributed by atoms with Crippen molar-refractivity contribution in [2.75, 3.05) is 19.6 Å². The zero-order valence-electron chi connectivity index (χ0n) is 17.0. The lowest BCUT2D eigenvalue weighted by atomic mass is 10.1. The second-order valence-corrected chi connectivity index (χ2v) is 10.4. The number of nitrogens with one attached hydrogen (secondary N) is 1. The molecule has 0 aliphatic carbocycles. The summed E-state index contributed by atoms with van der Waals surface area (Å²) in [5.74, 6) is 0.571. The average molecular weight is 519 g/mol. The SMILES string of the molecule is N#Cc1ccc(S(=O)(=O)NC[C@@H](O)CN2CCCCC2Oc2ccc(Cl)c(Cl)c2)c(Cl)c1. The van der Waals surface area contributed by atoms with Gasteiger partial charge in [-0.25, -0.2) is 13.1 Å². The number of likely N-dealkylation sites (tertiary alicyclic amines) is 1. The van der Waals surface area contributed by atoms with E-state index in [1.54, 1.807) is 18.2 Å². The molecule has 1 fully saturated rings. The standard InChI is InChI=1S/C21H22Cl3N3O4S/c22-17-6-5-16(10-18(17)23)31-21-3-1-2-8-27(21)13-15(28)12-26-32(29,30)20-7-4-14(11-25)9-19(20)24/h4-7,9-10,15,21,26,28H,1-3,8,12-13H2/t15-,21?/m1/s1. The van der Waals surface area contributed by atoms with Gasteiger partial charge in [0.25, 0.3) is 0 Å². The van der Waals surface area contributed by atoms with Crippen LogP contribution in [0.5, 0.6) is 5.75 Å². The molecule has 0 saturated carbocycles. The minimum atomic E-state index is -3.95. The summed E-state index contributed by atoms with van der Waals surface area (Å²) >= 11 is 18.0. The topological polar surface area (TPSA) is 103 Å². The molecule has 2 atom stereocenters. The molecule has 0 spiro atoms. The maximum atomic E-state index is 12.6. The van der Waals surface area contributed by atoms with Crippen LogP contribution in [0.3, 0.4) is 0 Å². The van der Waals surface area contributed by atoms with Crippen molar-refractivity contribution in [3.8, 4) is 11.8 Å². The van der Waals surface area contributed by atoms with E-state index in [1.807, 2.05) is 11.0 Å². The molecular weight excluding hydrogens is 497 g/mol. The van der Waals surface area contributed by atoms with Crippen LogP contribution in [0.1, 0.15) is 24.8 Å². The molecule has 32 heavy (non-hydrogen) atoms. The lowest BCUT2D eigenvalue weighted by Gasteiger charge is -2.36. The summed E-state index contributed by atoms with van der Waals surface area (Å²) in [6.07, 6.45) is 1.43. The fraction of sp³-hybridized carbons (Fsp3) is 0.381. The van der Waals surface area contributed by atoms with Gasteiger partial charge in [-0.3, -0.25) is 4.90 Å². The van der Waals surface area contributed by atoms with Crippen LogP contribution >= 0.6 is 34.8 Å². The highest BCUT2D eigenvalue weighted by molar-refractivity contribution is 7.89. The Morgan fingerprint density at radius 3 is 2.62 bits per heavy atom. The quantitative estimate of drug-likeness (QED) is 0.547. The molecule has 0 radical (unpaired) electrons. The highest BCUT2D eigenvalue weighted by atomic mass is 35.5. The van der Waals surface area contributed by atoms with Gasteiger partial charge in [-0.05, 0) is 49.6 Å². The Labute approximate surface area is 202 Å². The van der Waals surface area contributed by atoms with Crippen molar-refractivity contribution in [2.24, 2.45) is 0 Å². The van der Waals surface area contributed by atoms with Crippen molar-refractivity contribution < 1.29 is 18.3 Å². The van der Waals surface area contributed by atoms with Gasteiger partial charge in [0.15, 0.2) is 6.23 Å². The van der Waals surface area contributed by atoms with E-state index in [9.17, 15) is 13.5 Å². The molecule has 7 nitrogen and oxygen atoms in total. The van der Waals surface area contributed by atoms with Gasteiger partial charge >= 0.3 is 0 Å². The van der Waals surface area contributed by atoms with E-state index in [0.29, 0.717) is 22.3 Å². The van der Waals surface area contributed by atoms with Crippen LogP contribution in [-0.4, -0.2) is 50.4 Å². The zero-order chi connectivity index (χ0) is 23.3. The van der Waals surface area contributed by atoms with Crippen molar-refractivity contribution in [3.05, 3.63) is 57.0 Å². The summed E-state index contributed by atoms with van der Waals surface area (Å²) in [7, 11) is -3.95. The minimum absolute atomic E-state index is 0.0582. The number of aliphatic hydroxyl groups excluding tert-OH is 1. The molecule has 1 aliphatic rings. The summed E-state index contributed by atoms with van der Waals surface area (Å²) in [5.41, 5.74) is 0.257. The van der Waals surface area contributed by atoms with E-state index in [-0.39, 0.29) is 34.8 Å². The van der Waals surface area contributed by atoms with Crippen LogP contribution in [-0.2, 0) is 10.0 Å². The number of piperidine rings is 1. The molecule has 3 rings (SSSR count). The summed E-state index contributed by atoms with van der Waals surface area (Å²) in [5, 5.41) is 20.2. The fourth-order valence-electron chi connectivity index (χ4n) is 3.42. The number of rotatable bonds is 8. The minimum Gasteiger partial charge on any atom is -0.475 e.